The number of halogens is 1. The van der Waals surface area contributed by atoms with Gasteiger partial charge in [0.2, 0.25) is 5.91 Å². The molecule has 92 valence electrons. The number of hydrogen-bond acceptors (Lipinski definition) is 2. The molecule has 0 aromatic heterocycles. The van der Waals surface area contributed by atoms with Crippen LogP contribution in [0.1, 0.15) is 12.5 Å². The van der Waals surface area contributed by atoms with E-state index in [0.717, 1.165) is 11.3 Å². The number of amides is 1. The highest BCUT2D eigenvalue weighted by molar-refractivity contribution is 6.27. The van der Waals surface area contributed by atoms with Crippen molar-refractivity contribution >= 4 is 23.2 Å². The Bertz CT molecular complexity index is 390. The van der Waals surface area contributed by atoms with Crippen LogP contribution >= 0.6 is 11.6 Å². The normalized spacial score (nSPS) is 11.4. The lowest BCUT2D eigenvalue weighted by atomic mass is 10.1. The van der Waals surface area contributed by atoms with Gasteiger partial charge in [-0.25, -0.2) is 0 Å². The fraction of sp³-hybridized carbons (Fsp3) is 0.308. The number of aliphatic hydroxyl groups is 1. The molecular weight excluding hydrogens is 238 g/mol. The molecule has 0 heterocycles. The number of hydrogen-bond donors (Lipinski definition) is 1. The van der Waals surface area contributed by atoms with Crippen LogP contribution in [0, 0.1) is 0 Å². The van der Waals surface area contributed by atoms with Gasteiger partial charge in [0.1, 0.15) is 5.88 Å². The van der Waals surface area contributed by atoms with E-state index in [1.165, 1.54) is 4.90 Å². The Morgan fingerprint density at radius 2 is 2.06 bits per heavy atom. The molecule has 3 nitrogen and oxygen atoms in total. The van der Waals surface area contributed by atoms with Gasteiger partial charge in [0.15, 0.2) is 0 Å². The molecule has 1 rings (SSSR count). The predicted octanol–water partition coefficient (Wildman–Crippen LogP) is 2.11. The Labute approximate surface area is 106 Å². The summed E-state index contributed by atoms with van der Waals surface area (Å²) in [6, 6.07) is 9.56. The van der Waals surface area contributed by atoms with Crippen LogP contribution in [0.25, 0.3) is 5.70 Å². The molecule has 0 aliphatic carbocycles. The van der Waals surface area contributed by atoms with E-state index in [1.54, 1.807) is 0 Å². The van der Waals surface area contributed by atoms with Gasteiger partial charge in [0.25, 0.3) is 0 Å². The first-order valence-corrected chi connectivity index (χ1v) is 5.97. The number of carbonyl (C=O) groups is 1. The van der Waals surface area contributed by atoms with Gasteiger partial charge in [-0.2, -0.15) is 0 Å². The predicted molar refractivity (Wildman–Crippen MR) is 69.6 cm³/mol. The molecule has 0 atom stereocenters. The molecule has 0 saturated carbocycles. The molecule has 0 aliphatic heterocycles. The van der Waals surface area contributed by atoms with Crippen LogP contribution in [0.2, 0.25) is 0 Å². The molecule has 1 aromatic rings. The van der Waals surface area contributed by atoms with Crippen molar-refractivity contribution < 1.29 is 9.90 Å². The van der Waals surface area contributed by atoms with Crippen LogP contribution in [0.4, 0.5) is 0 Å². The molecule has 1 amide bonds. The van der Waals surface area contributed by atoms with Gasteiger partial charge in [-0.15, -0.1) is 11.6 Å². The standard InChI is InChI=1S/C13H16ClNO2/c1-2-12(11-6-4-3-5-7-11)15(8-9-16)13(17)10-14/h2-7,16H,8-10H2,1H3. The second-order valence-electron chi connectivity index (χ2n) is 3.44. The largest absolute Gasteiger partial charge is 0.395 e. The van der Waals surface area contributed by atoms with Gasteiger partial charge in [0.05, 0.1) is 6.61 Å². The molecule has 0 aliphatic rings. The Hall–Kier alpha value is -1.32. The lowest BCUT2D eigenvalue weighted by Crippen LogP contribution is -2.33. The topological polar surface area (TPSA) is 40.5 Å². The molecular formula is C13H16ClNO2. The zero-order valence-corrected chi connectivity index (χ0v) is 10.5. The molecule has 0 fully saturated rings. The SMILES string of the molecule is CC=C(c1ccccc1)N(CCO)C(=O)CCl. The van der Waals surface area contributed by atoms with E-state index in [2.05, 4.69) is 0 Å². The van der Waals surface area contributed by atoms with Crippen molar-refractivity contribution in [2.24, 2.45) is 0 Å². The highest BCUT2D eigenvalue weighted by Crippen LogP contribution is 2.19. The first-order chi connectivity index (χ1) is 8.24. The maximum atomic E-state index is 11.7. The van der Waals surface area contributed by atoms with E-state index >= 15 is 0 Å². The molecule has 0 saturated heterocycles. The highest BCUT2D eigenvalue weighted by Gasteiger charge is 2.17. The molecule has 1 aromatic carbocycles. The minimum atomic E-state index is -0.210. The molecule has 0 spiro atoms. The average Bonchev–Trinajstić information content (AvgIpc) is 2.39. The molecule has 1 N–H and O–H groups in total. The first kappa shape index (κ1) is 13.7. The summed E-state index contributed by atoms with van der Waals surface area (Å²) < 4.78 is 0. The third kappa shape index (κ3) is 3.58. The first-order valence-electron chi connectivity index (χ1n) is 5.43. The van der Waals surface area contributed by atoms with Gasteiger partial charge in [-0.05, 0) is 12.5 Å². The Morgan fingerprint density at radius 1 is 1.41 bits per heavy atom. The van der Waals surface area contributed by atoms with Crippen molar-refractivity contribution in [1.29, 1.82) is 0 Å². The lowest BCUT2D eigenvalue weighted by molar-refractivity contribution is -0.125. The third-order valence-corrected chi connectivity index (χ3v) is 2.60. The van der Waals surface area contributed by atoms with Crippen molar-refractivity contribution in [2.45, 2.75) is 6.92 Å². The zero-order valence-electron chi connectivity index (χ0n) is 9.77. The van der Waals surface area contributed by atoms with Crippen molar-refractivity contribution in [3.05, 3.63) is 42.0 Å². The number of nitrogens with zero attached hydrogens (tertiary/aromatic N) is 1. The van der Waals surface area contributed by atoms with Crippen LogP contribution in [-0.4, -0.2) is 34.9 Å². The minimum Gasteiger partial charge on any atom is -0.395 e. The summed E-state index contributed by atoms with van der Waals surface area (Å²) in [5, 5.41) is 9.01. The van der Waals surface area contributed by atoms with Crippen LogP contribution in [-0.2, 0) is 4.79 Å². The van der Waals surface area contributed by atoms with Gasteiger partial charge in [-0.1, -0.05) is 36.4 Å². The fourth-order valence-corrected chi connectivity index (χ4v) is 1.78. The van der Waals surface area contributed by atoms with Crippen LogP contribution in [0.3, 0.4) is 0 Å². The molecule has 0 unspecified atom stereocenters. The number of carbonyl (C=O) groups excluding carboxylic acids is 1. The van der Waals surface area contributed by atoms with Crippen LogP contribution < -0.4 is 0 Å². The van der Waals surface area contributed by atoms with E-state index in [9.17, 15) is 4.79 Å². The molecule has 0 radical (unpaired) electrons. The summed E-state index contributed by atoms with van der Waals surface area (Å²) in [7, 11) is 0. The Kier molecular flexibility index (Phi) is 5.73. The summed E-state index contributed by atoms with van der Waals surface area (Å²) in [5.74, 6) is -0.304. The lowest BCUT2D eigenvalue weighted by Gasteiger charge is -2.24. The van der Waals surface area contributed by atoms with Gasteiger partial charge < -0.3 is 10.0 Å². The maximum absolute atomic E-state index is 11.7. The maximum Gasteiger partial charge on any atom is 0.241 e. The number of aliphatic hydroxyl groups excluding tert-OH is 1. The smallest absolute Gasteiger partial charge is 0.241 e. The summed E-state index contributed by atoms with van der Waals surface area (Å²) in [4.78, 5) is 13.2. The van der Waals surface area contributed by atoms with Crippen molar-refractivity contribution in [3.8, 4) is 0 Å². The van der Waals surface area contributed by atoms with E-state index < -0.39 is 0 Å². The minimum absolute atomic E-state index is 0.0905. The zero-order chi connectivity index (χ0) is 12.7. The second-order valence-corrected chi connectivity index (χ2v) is 3.71. The van der Waals surface area contributed by atoms with Crippen LogP contribution in [0.15, 0.2) is 36.4 Å². The van der Waals surface area contributed by atoms with Crippen LogP contribution in [0.5, 0.6) is 0 Å². The van der Waals surface area contributed by atoms with E-state index in [4.69, 9.17) is 16.7 Å². The van der Waals surface area contributed by atoms with Crippen molar-refractivity contribution in [2.75, 3.05) is 19.0 Å². The molecule has 17 heavy (non-hydrogen) atoms. The summed E-state index contributed by atoms with van der Waals surface area (Å²) in [6.45, 7) is 2.02. The second kappa shape index (κ2) is 7.09. The average molecular weight is 254 g/mol. The fourth-order valence-electron chi connectivity index (χ4n) is 1.64. The third-order valence-electron chi connectivity index (χ3n) is 2.37. The number of benzene rings is 1. The van der Waals surface area contributed by atoms with Gasteiger partial charge in [-0.3, -0.25) is 4.79 Å². The van der Waals surface area contributed by atoms with E-state index in [-0.39, 0.29) is 24.9 Å². The molecule has 4 heteroatoms. The van der Waals surface area contributed by atoms with Crippen molar-refractivity contribution in [1.82, 2.24) is 4.90 Å². The molecule has 0 bridgehead atoms. The quantitative estimate of drug-likeness (QED) is 0.817. The van der Waals surface area contributed by atoms with E-state index in [0.29, 0.717) is 0 Å². The van der Waals surface area contributed by atoms with E-state index in [1.807, 2.05) is 43.3 Å². The number of rotatable bonds is 5. The van der Waals surface area contributed by atoms with Crippen molar-refractivity contribution in [3.63, 3.8) is 0 Å². The summed E-state index contributed by atoms with van der Waals surface area (Å²) >= 11 is 5.57. The Morgan fingerprint density at radius 3 is 2.53 bits per heavy atom. The monoisotopic (exact) mass is 253 g/mol. The number of allylic oxidation sites excluding steroid dienone is 1. The number of alkyl halides is 1. The highest BCUT2D eigenvalue weighted by atomic mass is 35.5. The summed E-state index contributed by atoms with van der Waals surface area (Å²) in [6.07, 6.45) is 1.84. The van der Waals surface area contributed by atoms with Gasteiger partial charge >= 0.3 is 0 Å². The van der Waals surface area contributed by atoms with Gasteiger partial charge in [0, 0.05) is 12.2 Å². The Balaban J connectivity index is 3.03. The summed E-state index contributed by atoms with van der Waals surface area (Å²) in [5.41, 5.74) is 1.70.